The molecule has 0 saturated carbocycles. The molecule has 1 N–H and O–H groups in total. The van der Waals surface area contributed by atoms with Crippen LogP contribution in [0.4, 0.5) is 5.69 Å². The maximum Gasteiger partial charge on any atom is 0.247 e. The number of hydrogen-bond acceptors (Lipinski definition) is 5. The molecule has 2 aromatic carbocycles. The highest BCUT2D eigenvalue weighted by molar-refractivity contribution is 5.91. The molecule has 0 unspecified atom stereocenters. The number of ether oxygens (including phenoxy) is 1. The van der Waals surface area contributed by atoms with E-state index >= 15 is 0 Å². The van der Waals surface area contributed by atoms with Gasteiger partial charge in [-0.1, -0.05) is 12.1 Å². The monoisotopic (exact) mass is 337 g/mol. The Labute approximate surface area is 145 Å². The predicted molar refractivity (Wildman–Crippen MR) is 94.4 cm³/mol. The molecule has 1 amide bonds. The SMILES string of the molecule is COc1ccc(CCC(=O)Nc2ccc(-c3nnc(C)o3)cc2)cc1. The molecular weight excluding hydrogens is 318 g/mol. The third-order valence-corrected chi connectivity index (χ3v) is 3.74. The van der Waals surface area contributed by atoms with Gasteiger partial charge in [0.25, 0.3) is 0 Å². The summed E-state index contributed by atoms with van der Waals surface area (Å²) >= 11 is 0. The lowest BCUT2D eigenvalue weighted by Gasteiger charge is -2.06. The van der Waals surface area contributed by atoms with Crippen LogP contribution in [0, 0.1) is 6.92 Å². The second-order valence-corrected chi connectivity index (χ2v) is 5.60. The van der Waals surface area contributed by atoms with Crippen molar-refractivity contribution in [1.82, 2.24) is 10.2 Å². The topological polar surface area (TPSA) is 77.2 Å². The Morgan fingerprint density at radius 2 is 1.80 bits per heavy atom. The fourth-order valence-electron chi connectivity index (χ4n) is 2.38. The largest absolute Gasteiger partial charge is 0.497 e. The Balaban J connectivity index is 1.53. The van der Waals surface area contributed by atoms with E-state index in [0.717, 1.165) is 22.6 Å². The molecule has 0 fully saturated rings. The van der Waals surface area contributed by atoms with Gasteiger partial charge in [-0.3, -0.25) is 4.79 Å². The fourth-order valence-corrected chi connectivity index (χ4v) is 2.38. The molecule has 3 rings (SSSR count). The normalized spacial score (nSPS) is 10.5. The third-order valence-electron chi connectivity index (χ3n) is 3.74. The smallest absolute Gasteiger partial charge is 0.247 e. The number of amides is 1. The molecule has 0 aliphatic heterocycles. The number of nitrogens with one attached hydrogen (secondary N) is 1. The lowest BCUT2D eigenvalue weighted by atomic mass is 10.1. The van der Waals surface area contributed by atoms with Gasteiger partial charge in [-0.15, -0.1) is 10.2 Å². The lowest BCUT2D eigenvalue weighted by Crippen LogP contribution is -2.12. The average molecular weight is 337 g/mol. The summed E-state index contributed by atoms with van der Waals surface area (Å²) in [6, 6.07) is 15.0. The molecule has 1 aromatic heterocycles. The first kappa shape index (κ1) is 16.7. The maximum atomic E-state index is 12.1. The minimum absolute atomic E-state index is 0.0304. The first-order chi connectivity index (χ1) is 12.1. The molecule has 0 aliphatic rings. The van der Waals surface area contributed by atoms with Crippen LogP contribution in [0.1, 0.15) is 17.9 Å². The van der Waals surface area contributed by atoms with Crippen molar-refractivity contribution in [2.24, 2.45) is 0 Å². The van der Waals surface area contributed by atoms with E-state index in [4.69, 9.17) is 9.15 Å². The van der Waals surface area contributed by atoms with Gasteiger partial charge in [-0.25, -0.2) is 0 Å². The summed E-state index contributed by atoms with van der Waals surface area (Å²) in [4.78, 5) is 12.1. The van der Waals surface area contributed by atoms with E-state index in [-0.39, 0.29) is 5.91 Å². The number of nitrogens with zero attached hydrogens (tertiary/aromatic N) is 2. The molecule has 0 saturated heterocycles. The molecule has 0 aliphatic carbocycles. The molecule has 0 atom stereocenters. The number of benzene rings is 2. The van der Waals surface area contributed by atoms with Gasteiger partial charge in [0.2, 0.25) is 17.7 Å². The van der Waals surface area contributed by atoms with E-state index < -0.39 is 0 Å². The quantitative estimate of drug-likeness (QED) is 0.743. The van der Waals surface area contributed by atoms with Crippen molar-refractivity contribution in [1.29, 1.82) is 0 Å². The molecular formula is C19H19N3O3. The van der Waals surface area contributed by atoms with E-state index in [2.05, 4.69) is 15.5 Å². The minimum atomic E-state index is -0.0304. The van der Waals surface area contributed by atoms with E-state index in [1.54, 1.807) is 14.0 Å². The standard InChI is InChI=1S/C19H19N3O3/c1-13-21-22-19(25-13)15-6-8-16(9-7-15)20-18(23)12-5-14-3-10-17(24-2)11-4-14/h3-4,6-11H,5,12H2,1-2H3,(H,20,23). The van der Waals surface area contributed by atoms with Crippen LogP contribution in [-0.4, -0.2) is 23.2 Å². The van der Waals surface area contributed by atoms with E-state index in [0.29, 0.717) is 24.6 Å². The van der Waals surface area contributed by atoms with E-state index in [1.165, 1.54) is 0 Å². The highest BCUT2D eigenvalue weighted by Crippen LogP contribution is 2.20. The Morgan fingerprint density at radius 3 is 2.40 bits per heavy atom. The van der Waals surface area contributed by atoms with Crippen molar-refractivity contribution in [2.45, 2.75) is 19.8 Å². The molecule has 128 valence electrons. The second kappa shape index (κ2) is 7.61. The highest BCUT2D eigenvalue weighted by Gasteiger charge is 2.07. The first-order valence-corrected chi connectivity index (χ1v) is 7.97. The first-order valence-electron chi connectivity index (χ1n) is 7.97. The number of methoxy groups -OCH3 is 1. The Hall–Kier alpha value is -3.15. The summed E-state index contributed by atoms with van der Waals surface area (Å²) in [6.45, 7) is 1.74. The van der Waals surface area contributed by atoms with Crippen LogP contribution < -0.4 is 10.1 Å². The number of aryl methyl sites for hydroxylation is 2. The number of aromatic nitrogens is 2. The molecule has 3 aromatic rings. The van der Waals surface area contributed by atoms with Gasteiger partial charge in [0.15, 0.2) is 0 Å². The molecule has 0 bridgehead atoms. The van der Waals surface area contributed by atoms with Crippen molar-refractivity contribution in [3.63, 3.8) is 0 Å². The number of rotatable bonds is 6. The zero-order valence-corrected chi connectivity index (χ0v) is 14.2. The van der Waals surface area contributed by atoms with Gasteiger partial charge in [-0.05, 0) is 48.4 Å². The summed E-state index contributed by atoms with van der Waals surface area (Å²) in [7, 11) is 1.63. The predicted octanol–water partition coefficient (Wildman–Crippen LogP) is 3.62. The fraction of sp³-hybridized carbons (Fsp3) is 0.211. The Morgan fingerprint density at radius 1 is 1.08 bits per heavy atom. The van der Waals surface area contributed by atoms with Gasteiger partial charge < -0.3 is 14.5 Å². The van der Waals surface area contributed by atoms with Gasteiger partial charge in [-0.2, -0.15) is 0 Å². The molecule has 0 radical (unpaired) electrons. The number of anilines is 1. The molecule has 25 heavy (non-hydrogen) atoms. The van der Waals surface area contributed by atoms with Gasteiger partial charge >= 0.3 is 0 Å². The van der Waals surface area contributed by atoms with Crippen LogP contribution >= 0.6 is 0 Å². The third kappa shape index (κ3) is 4.44. The van der Waals surface area contributed by atoms with Gasteiger partial charge in [0, 0.05) is 24.6 Å². The molecule has 6 heteroatoms. The molecule has 6 nitrogen and oxygen atoms in total. The number of carbonyl (C=O) groups excluding carboxylic acids is 1. The van der Waals surface area contributed by atoms with Crippen molar-refractivity contribution in [2.75, 3.05) is 12.4 Å². The summed E-state index contributed by atoms with van der Waals surface area (Å²) in [6.07, 6.45) is 1.09. The minimum Gasteiger partial charge on any atom is -0.497 e. The van der Waals surface area contributed by atoms with Crippen LogP contribution in [0.2, 0.25) is 0 Å². The van der Waals surface area contributed by atoms with Crippen LogP contribution in [0.15, 0.2) is 52.9 Å². The summed E-state index contributed by atoms with van der Waals surface area (Å²) in [5.41, 5.74) is 2.65. The van der Waals surface area contributed by atoms with E-state index in [1.807, 2.05) is 48.5 Å². The lowest BCUT2D eigenvalue weighted by molar-refractivity contribution is -0.116. The van der Waals surface area contributed by atoms with Crippen LogP contribution in [0.5, 0.6) is 5.75 Å². The Bertz CT molecular complexity index is 839. The maximum absolute atomic E-state index is 12.1. The zero-order valence-electron chi connectivity index (χ0n) is 14.2. The van der Waals surface area contributed by atoms with Gasteiger partial charge in [0.1, 0.15) is 5.75 Å². The van der Waals surface area contributed by atoms with Gasteiger partial charge in [0.05, 0.1) is 7.11 Å². The number of hydrogen-bond donors (Lipinski definition) is 1. The van der Waals surface area contributed by atoms with Crippen molar-refractivity contribution < 1.29 is 13.9 Å². The van der Waals surface area contributed by atoms with E-state index in [9.17, 15) is 4.79 Å². The summed E-state index contributed by atoms with van der Waals surface area (Å²) in [5, 5.41) is 10.7. The Kier molecular flexibility index (Phi) is 5.09. The van der Waals surface area contributed by atoms with Crippen molar-refractivity contribution in [3.8, 4) is 17.2 Å². The molecule has 0 spiro atoms. The summed E-state index contributed by atoms with van der Waals surface area (Å²) < 4.78 is 10.5. The van der Waals surface area contributed by atoms with Crippen LogP contribution in [0.25, 0.3) is 11.5 Å². The average Bonchev–Trinajstić information content (AvgIpc) is 3.07. The zero-order chi connectivity index (χ0) is 17.6. The van der Waals surface area contributed by atoms with Crippen molar-refractivity contribution in [3.05, 3.63) is 60.0 Å². The number of carbonyl (C=O) groups is 1. The van der Waals surface area contributed by atoms with Crippen LogP contribution in [-0.2, 0) is 11.2 Å². The van der Waals surface area contributed by atoms with Crippen LogP contribution in [0.3, 0.4) is 0 Å². The second-order valence-electron chi connectivity index (χ2n) is 5.60. The van der Waals surface area contributed by atoms with Crippen molar-refractivity contribution >= 4 is 11.6 Å². The summed E-state index contributed by atoms with van der Waals surface area (Å²) in [5.74, 6) is 1.77. The highest BCUT2D eigenvalue weighted by atomic mass is 16.5. The molecule has 1 heterocycles.